The van der Waals surface area contributed by atoms with Gasteiger partial charge in [-0.05, 0) is 24.1 Å². The standard InChI is InChI=1S/C11H10BrF/c1-2-3-4-11(12)9-5-7-10(13)8-6-9/h2,4-8H,1,3H2/b11-4-. The molecule has 1 aromatic carbocycles. The highest BCUT2D eigenvalue weighted by Gasteiger charge is 1.96. The molecule has 13 heavy (non-hydrogen) atoms. The van der Waals surface area contributed by atoms with E-state index in [4.69, 9.17) is 0 Å². The fourth-order valence-corrected chi connectivity index (χ4v) is 1.37. The molecule has 0 heterocycles. The first kappa shape index (κ1) is 10.2. The van der Waals surface area contributed by atoms with E-state index < -0.39 is 0 Å². The number of hydrogen-bond donors (Lipinski definition) is 0. The minimum absolute atomic E-state index is 0.215. The molecular formula is C11H10BrF. The fraction of sp³-hybridized carbons (Fsp3) is 0.0909. The molecule has 0 aromatic heterocycles. The summed E-state index contributed by atoms with van der Waals surface area (Å²) in [5.74, 6) is -0.215. The molecule has 0 fully saturated rings. The molecule has 0 N–H and O–H groups in total. The Morgan fingerprint density at radius 1 is 1.38 bits per heavy atom. The van der Waals surface area contributed by atoms with Crippen LogP contribution in [0.15, 0.2) is 43.0 Å². The van der Waals surface area contributed by atoms with Gasteiger partial charge in [0, 0.05) is 4.48 Å². The van der Waals surface area contributed by atoms with Crippen LogP contribution in [0.1, 0.15) is 12.0 Å². The Balaban J connectivity index is 2.82. The number of benzene rings is 1. The average Bonchev–Trinajstić information content (AvgIpc) is 2.15. The molecule has 0 atom stereocenters. The van der Waals surface area contributed by atoms with Crippen molar-refractivity contribution in [3.05, 3.63) is 54.4 Å². The van der Waals surface area contributed by atoms with Crippen LogP contribution in [0.2, 0.25) is 0 Å². The van der Waals surface area contributed by atoms with E-state index in [9.17, 15) is 4.39 Å². The number of allylic oxidation sites excluding steroid dienone is 2. The van der Waals surface area contributed by atoms with Crippen molar-refractivity contribution in [3.63, 3.8) is 0 Å². The van der Waals surface area contributed by atoms with Crippen molar-refractivity contribution in [2.75, 3.05) is 0 Å². The first-order chi connectivity index (χ1) is 6.24. The molecule has 0 aliphatic carbocycles. The molecule has 0 nitrogen and oxygen atoms in total. The van der Waals surface area contributed by atoms with E-state index >= 15 is 0 Å². The zero-order chi connectivity index (χ0) is 9.68. The first-order valence-electron chi connectivity index (χ1n) is 3.96. The molecule has 0 saturated carbocycles. The minimum atomic E-state index is -0.215. The summed E-state index contributed by atoms with van der Waals surface area (Å²) in [6.45, 7) is 3.62. The Hall–Kier alpha value is -0.890. The van der Waals surface area contributed by atoms with Crippen LogP contribution in [0, 0.1) is 5.82 Å². The predicted octanol–water partition coefficient (Wildman–Crippen LogP) is 4.14. The maximum atomic E-state index is 12.6. The van der Waals surface area contributed by atoms with Crippen molar-refractivity contribution in [2.24, 2.45) is 0 Å². The van der Waals surface area contributed by atoms with E-state index in [1.807, 2.05) is 12.2 Å². The van der Waals surface area contributed by atoms with Gasteiger partial charge < -0.3 is 0 Å². The summed E-state index contributed by atoms with van der Waals surface area (Å²) in [4.78, 5) is 0. The van der Waals surface area contributed by atoms with E-state index in [2.05, 4.69) is 22.5 Å². The molecule has 0 bridgehead atoms. The van der Waals surface area contributed by atoms with Crippen LogP contribution < -0.4 is 0 Å². The SMILES string of the molecule is C=CC/C=C(\Br)c1ccc(F)cc1. The third-order valence-electron chi connectivity index (χ3n) is 1.58. The van der Waals surface area contributed by atoms with Crippen LogP contribution in [0.5, 0.6) is 0 Å². The highest BCUT2D eigenvalue weighted by atomic mass is 79.9. The lowest BCUT2D eigenvalue weighted by molar-refractivity contribution is 0.628. The van der Waals surface area contributed by atoms with Gasteiger partial charge in [0.2, 0.25) is 0 Å². The van der Waals surface area contributed by atoms with Crippen molar-refractivity contribution in [1.29, 1.82) is 0 Å². The zero-order valence-electron chi connectivity index (χ0n) is 7.13. The van der Waals surface area contributed by atoms with Gasteiger partial charge in [-0.25, -0.2) is 4.39 Å². The Morgan fingerprint density at radius 3 is 2.54 bits per heavy atom. The van der Waals surface area contributed by atoms with E-state index in [0.717, 1.165) is 16.5 Å². The molecule has 0 unspecified atom stereocenters. The Kier molecular flexibility index (Phi) is 3.90. The minimum Gasteiger partial charge on any atom is -0.207 e. The van der Waals surface area contributed by atoms with Crippen LogP contribution in [-0.4, -0.2) is 0 Å². The smallest absolute Gasteiger partial charge is 0.123 e. The molecule has 0 aliphatic heterocycles. The van der Waals surface area contributed by atoms with Crippen LogP contribution in [0.4, 0.5) is 4.39 Å². The second-order valence-electron chi connectivity index (χ2n) is 2.58. The highest BCUT2D eigenvalue weighted by molar-refractivity contribution is 9.15. The molecule has 1 aromatic rings. The summed E-state index contributed by atoms with van der Waals surface area (Å²) in [5, 5.41) is 0. The summed E-state index contributed by atoms with van der Waals surface area (Å²) in [7, 11) is 0. The molecule has 0 spiro atoms. The second kappa shape index (κ2) is 4.97. The Labute approximate surface area is 85.9 Å². The monoisotopic (exact) mass is 240 g/mol. The van der Waals surface area contributed by atoms with Gasteiger partial charge in [0.05, 0.1) is 0 Å². The van der Waals surface area contributed by atoms with Gasteiger partial charge >= 0.3 is 0 Å². The van der Waals surface area contributed by atoms with Crippen LogP contribution in [-0.2, 0) is 0 Å². The summed E-state index contributed by atoms with van der Waals surface area (Å²) in [6.07, 6.45) is 4.60. The summed E-state index contributed by atoms with van der Waals surface area (Å²) in [5.41, 5.74) is 0.975. The van der Waals surface area contributed by atoms with Crippen molar-refractivity contribution < 1.29 is 4.39 Å². The van der Waals surface area contributed by atoms with E-state index in [0.29, 0.717) is 0 Å². The third-order valence-corrected chi connectivity index (χ3v) is 2.37. The van der Waals surface area contributed by atoms with Crippen molar-refractivity contribution in [3.8, 4) is 0 Å². The van der Waals surface area contributed by atoms with Crippen LogP contribution in [0.25, 0.3) is 4.48 Å². The third kappa shape index (κ3) is 3.15. The molecule has 0 aliphatic rings. The lowest BCUT2D eigenvalue weighted by Gasteiger charge is -1.98. The van der Waals surface area contributed by atoms with Gasteiger partial charge in [0.25, 0.3) is 0 Å². The summed E-state index contributed by atoms with van der Waals surface area (Å²) < 4.78 is 13.5. The number of rotatable bonds is 3. The van der Waals surface area contributed by atoms with Crippen molar-refractivity contribution in [1.82, 2.24) is 0 Å². The molecule has 68 valence electrons. The predicted molar refractivity (Wildman–Crippen MR) is 58.1 cm³/mol. The molecule has 2 heteroatoms. The van der Waals surface area contributed by atoms with Gasteiger partial charge in [-0.1, -0.05) is 40.2 Å². The fourth-order valence-electron chi connectivity index (χ4n) is 0.914. The topological polar surface area (TPSA) is 0 Å². The summed E-state index contributed by atoms with van der Waals surface area (Å²) >= 11 is 3.40. The maximum Gasteiger partial charge on any atom is 0.123 e. The van der Waals surface area contributed by atoms with Gasteiger partial charge in [-0.2, -0.15) is 0 Å². The quantitative estimate of drug-likeness (QED) is 0.697. The molecular weight excluding hydrogens is 231 g/mol. The van der Waals surface area contributed by atoms with Crippen molar-refractivity contribution >= 4 is 20.4 Å². The lowest BCUT2D eigenvalue weighted by Crippen LogP contribution is -1.77. The Bertz CT molecular complexity index is 311. The maximum absolute atomic E-state index is 12.6. The van der Waals surface area contributed by atoms with Gasteiger partial charge in [-0.3, -0.25) is 0 Å². The van der Waals surface area contributed by atoms with E-state index in [-0.39, 0.29) is 5.82 Å². The van der Waals surface area contributed by atoms with E-state index in [1.165, 1.54) is 12.1 Å². The number of halogens is 2. The molecule has 0 radical (unpaired) electrons. The molecule has 1 rings (SSSR count). The van der Waals surface area contributed by atoms with Gasteiger partial charge in [0.15, 0.2) is 0 Å². The molecule has 0 saturated heterocycles. The van der Waals surface area contributed by atoms with Crippen LogP contribution >= 0.6 is 15.9 Å². The highest BCUT2D eigenvalue weighted by Crippen LogP contribution is 2.21. The van der Waals surface area contributed by atoms with Crippen LogP contribution in [0.3, 0.4) is 0 Å². The largest absolute Gasteiger partial charge is 0.207 e. The number of hydrogen-bond acceptors (Lipinski definition) is 0. The summed E-state index contributed by atoms with van der Waals surface area (Å²) in [6, 6.07) is 6.36. The van der Waals surface area contributed by atoms with Crippen molar-refractivity contribution in [2.45, 2.75) is 6.42 Å². The van der Waals surface area contributed by atoms with E-state index in [1.54, 1.807) is 12.1 Å². The molecule has 0 amide bonds. The Morgan fingerprint density at radius 2 is 2.00 bits per heavy atom. The second-order valence-corrected chi connectivity index (χ2v) is 3.44. The van der Waals surface area contributed by atoms with Gasteiger partial charge in [0.1, 0.15) is 5.82 Å². The first-order valence-corrected chi connectivity index (χ1v) is 4.76. The van der Waals surface area contributed by atoms with Gasteiger partial charge in [-0.15, -0.1) is 6.58 Å². The normalized spacial score (nSPS) is 11.4. The lowest BCUT2D eigenvalue weighted by atomic mass is 10.2. The average molecular weight is 241 g/mol. The zero-order valence-corrected chi connectivity index (χ0v) is 8.72.